The molecule has 4 aromatic heterocycles. The minimum Gasteiger partial charge on any atom is -0.496 e. The molecule has 9 nitrogen and oxygen atoms in total. The molecule has 10 heteroatoms. The van der Waals surface area contributed by atoms with Crippen LogP contribution in [-0.2, 0) is 12.2 Å². The molecule has 0 saturated carbocycles. The van der Waals surface area contributed by atoms with Gasteiger partial charge >= 0.3 is 0 Å². The van der Waals surface area contributed by atoms with E-state index in [9.17, 15) is 4.39 Å². The Hall–Kier alpha value is -3.95. The first-order valence-electron chi connectivity index (χ1n) is 11.3. The highest BCUT2D eigenvalue weighted by Gasteiger charge is 2.23. The Morgan fingerprint density at radius 1 is 1.14 bits per heavy atom. The van der Waals surface area contributed by atoms with Crippen molar-refractivity contribution < 1.29 is 13.7 Å². The standard InChI is InChI=1S/C25H28FN7O2/c1-12-21(13(2)35-32-12)17-9-18-16(10-19(17)34-7)22-23(29-18)27-14(3)28-24(22)30-20-8-15(11-26)31-33(20)25(4,5)6/h8-10H,11H2,1-7H3,(H2,27,28,29,30). The van der Waals surface area contributed by atoms with Gasteiger partial charge in [-0.25, -0.2) is 19.0 Å². The second kappa shape index (κ2) is 8.07. The molecule has 0 radical (unpaired) electrons. The average molecular weight is 478 g/mol. The Balaban J connectivity index is 1.74. The van der Waals surface area contributed by atoms with E-state index < -0.39 is 6.67 Å². The van der Waals surface area contributed by atoms with Crippen LogP contribution >= 0.6 is 0 Å². The number of aromatic nitrogens is 6. The molecule has 0 spiro atoms. The fourth-order valence-electron chi connectivity index (χ4n) is 4.48. The first-order chi connectivity index (χ1) is 16.6. The van der Waals surface area contributed by atoms with Crippen LogP contribution in [0.2, 0.25) is 0 Å². The second-order valence-electron chi connectivity index (χ2n) is 9.63. The maximum atomic E-state index is 13.5. The molecular formula is C25H28FN7O2. The van der Waals surface area contributed by atoms with Gasteiger partial charge in [-0.05, 0) is 53.7 Å². The molecule has 1 aromatic carbocycles. The lowest BCUT2D eigenvalue weighted by atomic mass is 10.0. The Morgan fingerprint density at radius 3 is 2.54 bits per heavy atom. The number of nitrogens with zero attached hydrogens (tertiary/aromatic N) is 5. The molecule has 0 atom stereocenters. The minimum absolute atomic E-state index is 0.356. The van der Waals surface area contributed by atoms with Crippen LogP contribution in [0.4, 0.5) is 16.0 Å². The Labute approximate surface area is 201 Å². The topological polar surface area (TPSA) is 107 Å². The zero-order chi connectivity index (χ0) is 25.1. The van der Waals surface area contributed by atoms with Crippen LogP contribution < -0.4 is 10.1 Å². The van der Waals surface area contributed by atoms with Gasteiger partial charge in [0.25, 0.3) is 0 Å². The number of fused-ring (bicyclic) bond motifs is 3. The molecule has 5 rings (SSSR count). The summed E-state index contributed by atoms with van der Waals surface area (Å²) in [6.07, 6.45) is 0. The summed E-state index contributed by atoms with van der Waals surface area (Å²) in [5.41, 5.74) is 4.11. The SMILES string of the molecule is COc1cc2c(cc1-c1c(C)noc1C)[nH]c1nc(C)nc(Nc3cc(CF)nn3C(C)(C)C)c12. The van der Waals surface area contributed by atoms with Crippen molar-refractivity contribution in [1.29, 1.82) is 0 Å². The zero-order valence-corrected chi connectivity index (χ0v) is 20.9. The molecule has 0 amide bonds. The molecule has 0 bridgehead atoms. The molecule has 0 aliphatic heterocycles. The molecule has 0 fully saturated rings. The third kappa shape index (κ3) is 3.78. The van der Waals surface area contributed by atoms with Gasteiger partial charge in [0.2, 0.25) is 0 Å². The summed E-state index contributed by atoms with van der Waals surface area (Å²) in [6.45, 7) is 11.0. The van der Waals surface area contributed by atoms with Gasteiger partial charge < -0.3 is 19.6 Å². The number of benzene rings is 1. The third-order valence-corrected chi connectivity index (χ3v) is 5.96. The number of anilines is 2. The van der Waals surface area contributed by atoms with E-state index in [1.54, 1.807) is 17.9 Å². The summed E-state index contributed by atoms with van der Waals surface area (Å²) < 4.78 is 26.4. The quantitative estimate of drug-likeness (QED) is 0.326. The maximum Gasteiger partial charge on any atom is 0.145 e. The number of halogens is 1. The van der Waals surface area contributed by atoms with Gasteiger partial charge in [0, 0.05) is 22.5 Å². The maximum absolute atomic E-state index is 13.5. The van der Waals surface area contributed by atoms with Crippen LogP contribution in [-0.4, -0.2) is 37.0 Å². The van der Waals surface area contributed by atoms with Gasteiger partial charge in [-0.1, -0.05) is 5.16 Å². The third-order valence-electron chi connectivity index (χ3n) is 5.96. The zero-order valence-electron chi connectivity index (χ0n) is 20.9. The van der Waals surface area contributed by atoms with Crippen molar-refractivity contribution in [3.8, 4) is 16.9 Å². The van der Waals surface area contributed by atoms with Gasteiger partial charge in [-0.3, -0.25) is 0 Å². The van der Waals surface area contributed by atoms with Crippen molar-refractivity contribution in [2.45, 2.75) is 53.8 Å². The minimum atomic E-state index is -0.648. The van der Waals surface area contributed by atoms with E-state index in [-0.39, 0.29) is 5.54 Å². The summed E-state index contributed by atoms with van der Waals surface area (Å²) >= 11 is 0. The molecule has 4 heterocycles. The predicted molar refractivity (Wildman–Crippen MR) is 133 cm³/mol. The summed E-state index contributed by atoms with van der Waals surface area (Å²) in [4.78, 5) is 12.7. The largest absolute Gasteiger partial charge is 0.496 e. The van der Waals surface area contributed by atoms with Crippen LogP contribution in [0.3, 0.4) is 0 Å². The highest BCUT2D eigenvalue weighted by atomic mass is 19.1. The van der Waals surface area contributed by atoms with Crippen LogP contribution in [0.15, 0.2) is 22.7 Å². The number of rotatable bonds is 5. The molecule has 0 saturated heterocycles. The summed E-state index contributed by atoms with van der Waals surface area (Å²) in [5.74, 6) is 3.24. The van der Waals surface area contributed by atoms with Crippen molar-refractivity contribution in [1.82, 2.24) is 29.9 Å². The van der Waals surface area contributed by atoms with E-state index in [1.807, 2.05) is 53.7 Å². The van der Waals surface area contributed by atoms with Crippen molar-refractivity contribution >= 4 is 33.6 Å². The number of methoxy groups -OCH3 is 1. The first-order valence-corrected chi connectivity index (χ1v) is 11.3. The van der Waals surface area contributed by atoms with Crippen LogP contribution in [0, 0.1) is 20.8 Å². The smallest absolute Gasteiger partial charge is 0.145 e. The first kappa shape index (κ1) is 22.8. The summed E-state index contributed by atoms with van der Waals surface area (Å²) in [5, 5.41) is 13.6. The number of ether oxygens (including phenoxy) is 1. The average Bonchev–Trinajstić information content (AvgIpc) is 3.46. The van der Waals surface area contributed by atoms with Gasteiger partial charge in [0.1, 0.15) is 41.3 Å². The molecule has 182 valence electrons. The number of nitrogens with one attached hydrogen (secondary N) is 2. The molecule has 2 N–H and O–H groups in total. The van der Waals surface area contributed by atoms with Crippen LogP contribution in [0.5, 0.6) is 5.75 Å². The number of aromatic amines is 1. The summed E-state index contributed by atoms with van der Waals surface area (Å²) in [6, 6.07) is 5.69. The van der Waals surface area contributed by atoms with Gasteiger partial charge in [0.15, 0.2) is 0 Å². The summed E-state index contributed by atoms with van der Waals surface area (Å²) in [7, 11) is 1.64. The van der Waals surface area contributed by atoms with Crippen molar-refractivity contribution in [3.63, 3.8) is 0 Å². The Bertz CT molecular complexity index is 1550. The van der Waals surface area contributed by atoms with E-state index in [0.29, 0.717) is 40.3 Å². The highest BCUT2D eigenvalue weighted by molar-refractivity contribution is 6.13. The lowest BCUT2D eigenvalue weighted by molar-refractivity contribution is 0.353. The second-order valence-corrected chi connectivity index (χ2v) is 9.63. The van der Waals surface area contributed by atoms with Gasteiger partial charge in [-0.15, -0.1) is 0 Å². The van der Waals surface area contributed by atoms with Crippen molar-refractivity contribution in [3.05, 3.63) is 41.2 Å². The lowest BCUT2D eigenvalue weighted by Gasteiger charge is -2.22. The van der Waals surface area contributed by atoms with Crippen LogP contribution in [0.1, 0.15) is 43.7 Å². The fraction of sp³-hybridized carbons (Fsp3) is 0.360. The number of hydrogen-bond donors (Lipinski definition) is 2. The normalized spacial score (nSPS) is 12.1. The lowest BCUT2D eigenvalue weighted by Crippen LogP contribution is -2.24. The van der Waals surface area contributed by atoms with E-state index >= 15 is 0 Å². The Kier molecular flexibility index (Phi) is 5.26. The van der Waals surface area contributed by atoms with E-state index in [4.69, 9.17) is 14.2 Å². The molecule has 35 heavy (non-hydrogen) atoms. The number of hydrogen-bond acceptors (Lipinski definition) is 7. The van der Waals surface area contributed by atoms with Gasteiger partial charge in [0.05, 0.1) is 35.0 Å². The van der Waals surface area contributed by atoms with Gasteiger partial charge in [-0.2, -0.15) is 5.10 Å². The fourth-order valence-corrected chi connectivity index (χ4v) is 4.48. The monoisotopic (exact) mass is 477 g/mol. The molecule has 0 aliphatic carbocycles. The predicted octanol–water partition coefficient (Wildman–Crippen LogP) is 5.86. The molecule has 0 unspecified atom stereocenters. The molecular weight excluding hydrogens is 449 g/mol. The molecule has 5 aromatic rings. The van der Waals surface area contributed by atoms with Crippen LogP contribution in [0.25, 0.3) is 33.1 Å². The van der Waals surface area contributed by atoms with Crippen molar-refractivity contribution in [2.75, 3.05) is 12.4 Å². The highest BCUT2D eigenvalue weighted by Crippen LogP contribution is 2.41. The number of aryl methyl sites for hydroxylation is 3. The Morgan fingerprint density at radius 2 is 1.91 bits per heavy atom. The van der Waals surface area contributed by atoms with Crippen molar-refractivity contribution in [2.24, 2.45) is 0 Å². The molecule has 0 aliphatic rings. The van der Waals surface area contributed by atoms with E-state index in [2.05, 4.69) is 25.5 Å². The number of alkyl halides is 1. The number of H-pyrrole nitrogens is 1. The van der Waals surface area contributed by atoms with E-state index in [1.165, 1.54) is 0 Å². The van der Waals surface area contributed by atoms with E-state index in [0.717, 1.165) is 33.1 Å².